The Balaban J connectivity index is 1.15. The molecule has 0 radical (unpaired) electrons. The predicted octanol–water partition coefficient (Wildman–Crippen LogP) is 4.14. The molecule has 2 aromatic rings. The highest BCUT2D eigenvalue weighted by Gasteiger charge is 2.46. The van der Waals surface area contributed by atoms with Gasteiger partial charge >= 0.3 is 5.97 Å². The zero-order chi connectivity index (χ0) is 27.2. The van der Waals surface area contributed by atoms with E-state index < -0.39 is 23.9 Å². The lowest BCUT2D eigenvalue weighted by molar-refractivity contribution is -0.143. The lowest BCUT2D eigenvalue weighted by Gasteiger charge is -2.27. The molecule has 3 atom stereocenters. The number of likely N-dealkylation sites (tertiary alicyclic amines) is 1. The van der Waals surface area contributed by atoms with Crippen LogP contribution in [-0.4, -0.2) is 76.3 Å². The summed E-state index contributed by atoms with van der Waals surface area (Å²) in [6.07, 6.45) is 7.39. The Kier molecular flexibility index (Phi) is 8.86. The molecule has 0 spiro atoms. The van der Waals surface area contributed by atoms with Gasteiger partial charge in [0.2, 0.25) is 5.88 Å². The van der Waals surface area contributed by atoms with E-state index in [0.29, 0.717) is 44.6 Å². The quantitative estimate of drug-likeness (QED) is 0.380. The Bertz CT molecular complexity index is 1130. The smallest absolute Gasteiger partial charge is 0.325 e. The van der Waals surface area contributed by atoms with Gasteiger partial charge < -0.3 is 19.9 Å². The van der Waals surface area contributed by atoms with Crippen LogP contribution in [-0.2, 0) is 22.4 Å². The highest BCUT2D eigenvalue weighted by Crippen LogP contribution is 2.40. The van der Waals surface area contributed by atoms with E-state index in [-0.39, 0.29) is 37.7 Å². The number of nitrogens with one attached hydrogen (secondary N) is 1. The minimum Gasteiger partial charge on any atom is -0.480 e. The minimum absolute atomic E-state index is 0.00713. The number of nitrogens with zero attached hydrogens (tertiary/aromatic N) is 4. The van der Waals surface area contributed by atoms with Crippen LogP contribution in [0.3, 0.4) is 0 Å². The number of rotatable bonds is 12. The third-order valence-electron chi connectivity index (χ3n) is 8.04. The molecule has 3 unspecified atom stereocenters. The van der Waals surface area contributed by atoms with Gasteiger partial charge in [0.25, 0.3) is 5.92 Å². The van der Waals surface area contributed by atoms with Crippen molar-refractivity contribution in [2.75, 3.05) is 44.8 Å². The maximum atomic E-state index is 15.2. The number of carboxylic acid groups (broad SMARTS) is 1. The number of aromatic nitrogens is 3. The van der Waals surface area contributed by atoms with Crippen molar-refractivity contribution in [3.63, 3.8) is 0 Å². The van der Waals surface area contributed by atoms with Crippen molar-refractivity contribution in [1.29, 1.82) is 0 Å². The molecule has 0 aliphatic carbocycles. The normalized spacial score (nSPS) is 22.3. The number of hydrogen-bond acceptors (Lipinski definition) is 8. The first kappa shape index (κ1) is 27.6. The van der Waals surface area contributed by atoms with Gasteiger partial charge in [0, 0.05) is 49.8 Å². The fraction of sp³-hybridized carbons (Fsp3) is 0.643. The molecule has 0 amide bonds. The molecule has 11 heteroatoms. The highest BCUT2D eigenvalue weighted by molar-refractivity contribution is 5.76. The average molecular weight is 546 g/mol. The Labute approximate surface area is 227 Å². The van der Waals surface area contributed by atoms with Crippen LogP contribution in [0.1, 0.15) is 61.4 Å². The number of pyridine rings is 1. The Morgan fingerprint density at radius 2 is 2.21 bits per heavy atom. The van der Waals surface area contributed by atoms with Gasteiger partial charge in [0.05, 0.1) is 18.8 Å². The molecule has 0 aromatic carbocycles. The van der Waals surface area contributed by atoms with Crippen molar-refractivity contribution in [3.05, 3.63) is 41.5 Å². The van der Waals surface area contributed by atoms with Crippen LogP contribution in [0, 0.1) is 11.8 Å². The SMILES string of the molecule is O=C(O)C(c1cncnc1OCC1CCOC1)N1CCC(C(F)(F)CCCCc2ccc3c(n2)NCCC3)C1. The summed E-state index contributed by atoms with van der Waals surface area (Å²) in [5.41, 5.74) is 2.43. The summed E-state index contributed by atoms with van der Waals surface area (Å²) in [5.74, 6) is -3.59. The first-order valence-corrected chi connectivity index (χ1v) is 14.0. The molecule has 2 aromatic heterocycles. The van der Waals surface area contributed by atoms with Gasteiger partial charge in [-0.3, -0.25) is 9.69 Å². The van der Waals surface area contributed by atoms with Gasteiger partial charge in [-0.05, 0) is 63.1 Å². The molecular formula is C28H37F2N5O4. The fourth-order valence-corrected chi connectivity index (χ4v) is 5.78. The van der Waals surface area contributed by atoms with Crippen LogP contribution < -0.4 is 10.1 Å². The van der Waals surface area contributed by atoms with Crippen molar-refractivity contribution in [1.82, 2.24) is 19.9 Å². The van der Waals surface area contributed by atoms with Gasteiger partial charge in [0.1, 0.15) is 18.2 Å². The summed E-state index contributed by atoms with van der Waals surface area (Å²) >= 11 is 0. The van der Waals surface area contributed by atoms with E-state index in [4.69, 9.17) is 9.47 Å². The number of hydrogen-bond donors (Lipinski definition) is 2. The minimum atomic E-state index is -2.88. The third kappa shape index (κ3) is 6.81. The zero-order valence-corrected chi connectivity index (χ0v) is 22.2. The zero-order valence-electron chi connectivity index (χ0n) is 22.2. The Morgan fingerprint density at radius 3 is 3.03 bits per heavy atom. The number of carboxylic acids is 1. The number of anilines is 1. The lowest BCUT2D eigenvalue weighted by Crippen LogP contribution is -2.36. The molecule has 5 heterocycles. The van der Waals surface area contributed by atoms with Crippen molar-refractivity contribution in [2.24, 2.45) is 11.8 Å². The van der Waals surface area contributed by atoms with E-state index in [2.05, 4.69) is 26.3 Å². The number of halogens is 2. The highest BCUT2D eigenvalue weighted by atomic mass is 19.3. The standard InChI is InChI=1S/C28H37F2N5O4/c29-28(30,10-2-1-5-22-7-6-20-4-3-11-32-25(20)34-22)21-8-12-35(15-21)24(27(36)37)23-14-31-18-33-26(23)39-17-19-9-13-38-16-19/h6-7,14,18-19,21,24H,1-5,8-13,15-17H2,(H,32,34)(H,36,37). The molecule has 3 aliphatic rings. The predicted molar refractivity (Wildman–Crippen MR) is 140 cm³/mol. The van der Waals surface area contributed by atoms with E-state index in [1.54, 1.807) is 4.90 Å². The molecule has 0 bridgehead atoms. The summed E-state index contributed by atoms with van der Waals surface area (Å²) in [6.45, 7) is 2.79. The number of aliphatic carboxylic acids is 1. The van der Waals surface area contributed by atoms with E-state index >= 15 is 8.78 Å². The second-order valence-electron chi connectivity index (χ2n) is 10.9. The van der Waals surface area contributed by atoms with Crippen LogP contribution in [0.4, 0.5) is 14.6 Å². The molecule has 3 aliphatic heterocycles. The lowest BCUT2D eigenvalue weighted by atomic mass is 9.95. The van der Waals surface area contributed by atoms with E-state index in [9.17, 15) is 9.90 Å². The summed E-state index contributed by atoms with van der Waals surface area (Å²) in [5, 5.41) is 13.4. The van der Waals surface area contributed by atoms with Crippen LogP contribution in [0.5, 0.6) is 5.88 Å². The largest absolute Gasteiger partial charge is 0.480 e. The number of aryl methyl sites for hydroxylation is 2. The number of alkyl halides is 2. The molecular weight excluding hydrogens is 508 g/mol. The molecule has 2 saturated heterocycles. The van der Waals surface area contributed by atoms with Crippen LogP contribution in [0.25, 0.3) is 0 Å². The summed E-state index contributed by atoms with van der Waals surface area (Å²) in [4.78, 5) is 26.7. The van der Waals surface area contributed by atoms with Crippen molar-refractivity contribution >= 4 is 11.8 Å². The number of carbonyl (C=O) groups is 1. The summed E-state index contributed by atoms with van der Waals surface area (Å²) < 4.78 is 41.7. The van der Waals surface area contributed by atoms with Gasteiger partial charge in [-0.25, -0.2) is 23.7 Å². The number of fused-ring (bicyclic) bond motifs is 1. The summed E-state index contributed by atoms with van der Waals surface area (Å²) in [7, 11) is 0. The molecule has 9 nitrogen and oxygen atoms in total. The molecule has 2 N–H and O–H groups in total. The monoisotopic (exact) mass is 545 g/mol. The van der Waals surface area contributed by atoms with E-state index in [1.807, 2.05) is 6.07 Å². The molecule has 5 rings (SSSR count). The van der Waals surface area contributed by atoms with Crippen molar-refractivity contribution < 1.29 is 28.2 Å². The first-order chi connectivity index (χ1) is 18.9. The average Bonchev–Trinajstić information content (AvgIpc) is 3.64. The fourth-order valence-electron chi connectivity index (χ4n) is 5.78. The molecule has 0 saturated carbocycles. The van der Waals surface area contributed by atoms with E-state index in [1.165, 1.54) is 18.1 Å². The second kappa shape index (κ2) is 12.5. The van der Waals surface area contributed by atoms with Crippen molar-refractivity contribution in [2.45, 2.75) is 63.3 Å². The number of ether oxygens (including phenoxy) is 2. The van der Waals surface area contributed by atoms with Crippen LogP contribution in [0.15, 0.2) is 24.7 Å². The van der Waals surface area contributed by atoms with Gasteiger partial charge in [-0.15, -0.1) is 0 Å². The molecule has 39 heavy (non-hydrogen) atoms. The topological polar surface area (TPSA) is 110 Å². The maximum Gasteiger partial charge on any atom is 0.325 e. The first-order valence-electron chi connectivity index (χ1n) is 14.0. The van der Waals surface area contributed by atoms with Crippen molar-refractivity contribution in [3.8, 4) is 5.88 Å². The third-order valence-corrected chi connectivity index (χ3v) is 8.04. The molecule has 2 fully saturated rings. The van der Waals surface area contributed by atoms with E-state index in [0.717, 1.165) is 37.3 Å². The maximum absolute atomic E-state index is 15.2. The van der Waals surface area contributed by atoms with Crippen LogP contribution in [0.2, 0.25) is 0 Å². The van der Waals surface area contributed by atoms with Gasteiger partial charge in [-0.1, -0.05) is 6.07 Å². The number of unbranched alkanes of at least 4 members (excludes halogenated alkanes) is 1. The van der Waals surface area contributed by atoms with Gasteiger partial charge in [0.15, 0.2) is 0 Å². The second-order valence-corrected chi connectivity index (χ2v) is 10.9. The Morgan fingerprint density at radius 1 is 1.31 bits per heavy atom. The van der Waals surface area contributed by atoms with Gasteiger partial charge in [-0.2, -0.15) is 0 Å². The summed E-state index contributed by atoms with van der Waals surface area (Å²) in [6, 6.07) is 2.94. The Hall–Kier alpha value is -2.92. The molecule has 212 valence electrons. The van der Waals surface area contributed by atoms with Crippen LogP contribution >= 0.6 is 0 Å².